The van der Waals surface area contributed by atoms with Crippen LogP contribution in [0, 0.1) is 6.92 Å². The minimum Gasteiger partial charge on any atom is -0.307 e. The first-order chi connectivity index (χ1) is 7.75. The summed E-state index contributed by atoms with van der Waals surface area (Å²) in [6.07, 6.45) is 1.61. The summed E-state index contributed by atoms with van der Waals surface area (Å²) in [5.74, 6) is 0. The Kier molecular flexibility index (Phi) is 3.16. The molecule has 16 heavy (non-hydrogen) atoms. The number of hydrogen-bond acceptors (Lipinski definition) is 3. The molecule has 5 heteroatoms. The van der Waals surface area contributed by atoms with Crippen molar-refractivity contribution in [2.45, 2.75) is 6.92 Å². The van der Waals surface area contributed by atoms with Crippen LogP contribution >= 0.6 is 11.3 Å². The first-order valence-corrected chi connectivity index (χ1v) is 5.66. The van der Waals surface area contributed by atoms with Crippen molar-refractivity contribution >= 4 is 28.1 Å². The van der Waals surface area contributed by atoms with E-state index < -0.39 is 0 Å². The largest absolute Gasteiger partial charge is 0.324 e. The second-order valence-corrected chi connectivity index (χ2v) is 4.15. The Bertz CT molecular complexity index is 482. The van der Waals surface area contributed by atoms with Gasteiger partial charge in [0.2, 0.25) is 0 Å². The molecule has 0 saturated heterocycles. The lowest BCUT2D eigenvalue weighted by molar-refractivity contribution is 0.262. The Labute approximate surface area is 97.3 Å². The van der Waals surface area contributed by atoms with Crippen LogP contribution < -0.4 is 10.6 Å². The number of benzene rings is 1. The molecule has 4 nitrogen and oxygen atoms in total. The second kappa shape index (κ2) is 4.76. The molecule has 1 aromatic carbocycles. The third-order valence-corrected chi connectivity index (χ3v) is 2.75. The summed E-state index contributed by atoms with van der Waals surface area (Å²) in [4.78, 5) is 15.5. The van der Waals surface area contributed by atoms with Gasteiger partial charge in [-0.15, -0.1) is 11.3 Å². The Morgan fingerprint density at radius 2 is 2.12 bits per heavy atom. The van der Waals surface area contributed by atoms with Gasteiger partial charge in [0, 0.05) is 5.69 Å². The van der Waals surface area contributed by atoms with Gasteiger partial charge in [-0.1, -0.05) is 18.2 Å². The van der Waals surface area contributed by atoms with Crippen molar-refractivity contribution in [3.05, 3.63) is 41.5 Å². The van der Waals surface area contributed by atoms with Gasteiger partial charge in [0.15, 0.2) is 0 Å². The molecule has 0 spiro atoms. The lowest BCUT2D eigenvalue weighted by Crippen LogP contribution is -2.19. The molecule has 0 aliphatic rings. The summed E-state index contributed by atoms with van der Waals surface area (Å²) in [6.45, 7) is 1.95. The number of amides is 2. The molecule has 82 valence electrons. The van der Waals surface area contributed by atoms with Crippen molar-refractivity contribution in [3.63, 3.8) is 0 Å². The number of nitrogens with zero attached hydrogens (tertiary/aromatic N) is 1. The summed E-state index contributed by atoms with van der Waals surface area (Å²) in [5.41, 5.74) is 3.51. The van der Waals surface area contributed by atoms with Crippen molar-refractivity contribution in [1.82, 2.24) is 4.98 Å². The number of anilines is 2. The molecule has 0 aliphatic heterocycles. The Morgan fingerprint density at radius 1 is 1.31 bits per heavy atom. The second-order valence-electron chi connectivity index (χ2n) is 3.26. The summed E-state index contributed by atoms with van der Waals surface area (Å²) >= 11 is 1.38. The van der Waals surface area contributed by atoms with Gasteiger partial charge in [-0.2, -0.15) is 0 Å². The molecule has 1 heterocycles. The van der Waals surface area contributed by atoms with Crippen molar-refractivity contribution in [3.8, 4) is 0 Å². The monoisotopic (exact) mass is 233 g/mol. The van der Waals surface area contributed by atoms with Crippen molar-refractivity contribution in [2.75, 3.05) is 10.6 Å². The first-order valence-electron chi connectivity index (χ1n) is 4.78. The van der Waals surface area contributed by atoms with Gasteiger partial charge >= 0.3 is 6.03 Å². The van der Waals surface area contributed by atoms with Crippen LogP contribution in [0.2, 0.25) is 0 Å². The van der Waals surface area contributed by atoms with Gasteiger partial charge in [0.1, 0.15) is 5.00 Å². The van der Waals surface area contributed by atoms with Crippen molar-refractivity contribution in [1.29, 1.82) is 0 Å². The van der Waals surface area contributed by atoms with Crippen molar-refractivity contribution < 1.29 is 4.79 Å². The Hall–Kier alpha value is -1.88. The lowest BCUT2D eigenvalue weighted by Gasteiger charge is -2.07. The van der Waals surface area contributed by atoms with Crippen LogP contribution in [-0.4, -0.2) is 11.0 Å². The number of para-hydroxylation sites is 1. The molecule has 0 saturated carbocycles. The van der Waals surface area contributed by atoms with E-state index in [1.807, 2.05) is 31.2 Å². The average Bonchev–Trinajstić information content (AvgIpc) is 2.74. The number of carbonyl (C=O) groups is 1. The maximum absolute atomic E-state index is 11.6. The maximum atomic E-state index is 11.6. The molecular formula is C11H11N3OS. The topological polar surface area (TPSA) is 54.0 Å². The zero-order chi connectivity index (χ0) is 11.4. The Morgan fingerprint density at radius 3 is 2.81 bits per heavy atom. The van der Waals surface area contributed by atoms with Gasteiger partial charge in [0.05, 0.1) is 11.7 Å². The Balaban J connectivity index is 2.00. The van der Waals surface area contributed by atoms with Crippen LogP contribution in [0.4, 0.5) is 15.5 Å². The smallest absolute Gasteiger partial charge is 0.307 e. The molecule has 0 radical (unpaired) electrons. The minimum atomic E-state index is -0.251. The summed E-state index contributed by atoms with van der Waals surface area (Å²) in [7, 11) is 0. The van der Waals surface area contributed by atoms with E-state index in [0.29, 0.717) is 0 Å². The van der Waals surface area contributed by atoms with E-state index in [2.05, 4.69) is 15.6 Å². The fraction of sp³-hybridized carbons (Fsp3) is 0.0909. The molecule has 0 aliphatic carbocycles. The van der Waals surface area contributed by atoms with Crippen LogP contribution in [0.5, 0.6) is 0 Å². The van der Waals surface area contributed by atoms with E-state index in [4.69, 9.17) is 0 Å². The maximum Gasteiger partial charge on any atom is 0.324 e. The van der Waals surface area contributed by atoms with Crippen LogP contribution in [-0.2, 0) is 0 Å². The molecule has 0 fully saturated rings. The van der Waals surface area contributed by atoms with Gasteiger partial charge in [-0.05, 0) is 18.6 Å². The van der Waals surface area contributed by atoms with Gasteiger partial charge < -0.3 is 5.32 Å². The summed E-state index contributed by atoms with van der Waals surface area (Å²) in [5, 5.41) is 6.21. The minimum absolute atomic E-state index is 0.251. The molecule has 0 atom stereocenters. The summed E-state index contributed by atoms with van der Waals surface area (Å²) in [6, 6.07) is 7.37. The fourth-order valence-electron chi connectivity index (χ4n) is 1.26. The highest BCUT2D eigenvalue weighted by Gasteiger charge is 2.04. The molecule has 0 bridgehead atoms. The van der Waals surface area contributed by atoms with Crippen LogP contribution in [0.1, 0.15) is 5.56 Å². The zero-order valence-corrected chi connectivity index (χ0v) is 9.54. The normalized spacial score (nSPS) is 9.81. The summed E-state index contributed by atoms with van der Waals surface area (Å²) < 4.78 is 0. The van der Waals surface area contributed by atoms with Crippen LogP contribution in [0.25, 0.3) is 0 Å². The van der Waals surface area contributed by atoms with Gasteiger partial charge in [0.25, 0.3) is 0 Å². The molecule has 1 aromatic heterocycles. The number of aromatic nitrogens is 1. The molecule has 2 amide bonds. The number of nitrogens with one attached hydrogen (secondary N) is 2. The number of thiazole rings is 1. The first kappa shape index (κ1) is 10.6. The van der Waals surface area contributed by atoms with Crippen LogP contribution in [0.3, 0.4) is 0 Å². The highest BCUT2D eigenvalue weighted by molar-refractivity contribution is 7.14. The van der Waals surface area contributed by atoms with E-state index in [1.165, 1.54) is 11.3 Å². The highest BCUT2D eigenvalue weighted by atomic mass is 32.1. The number of rotatable bonds is 2. The highest BCUT2D eigenvalue weighted by Crippen LogP contribution is 2.15. The molecule has 2 rings (SSSR count). The SMILES string of the molecule is Cc1ccccc1NC(=O)Nc1cncs1. The van der Waals surface area contributed by atoms with Crippen molar-refractivity contribution in [2.24, 2.45) is 0 Å². The standard InChI is InChI=1S/C11H11N3OS/c1-8-4-2-3-5-9(8)13-11(15)14-10-6-12-7-16-10/h2-7H,1H3,(H2,13,14,15). The van der Waals surface area contributed by atoms with E-state index in [0.717, 1.165) is 16.3 Å². The zero-order valence-electron chi connectivity index (χ0n) is 8.73. The number of urea groups is 1. The number of hydrogen-bond donors (Lipinski definition) is 2. The molecule has 2 N–H and O–H groups in total. The molecule has 2 aromatic rings. The number of carbonyl (C=O) groups excluding carboxylic acids is 1. The predicted octanol–water partition coefficient (Wildman–Crippen LogP) is 3.10. The van der Waals surface area contributed by atoms with E-state index >= 15 is 0 Å². The van der Waals surface area contributed by atoms with E-state index in [1.54, 1.807) is 11.7 Å². The van der Waals surface area contributed by atoms with Gasteiger partial charge in [-0.3, -0.25) is 10.3 Å². The van der Waals surface area contributed by atoms with E-state index in [9.17, 15) is 4.79 Å². The lowest BCUT2D eigenvalue weighted by atomic mass is 10.2. The quantitative estimate of drug-likeness (QED) is 0.837. The number of aryl methyl sites for hydroxylation is 1. The fourth-order valence-corrected chi connectivity index (χ4v) is 1.76. The van der Waals surface area contributed by atoms with Gasteiger partial charge in [-0.25, -0.2) is 4.79 Å². The third kappa shape index (κ3) is 2.58. The molecule has 0 unspecified atom stereocenters. The van der Waals surface area contributed by atoms with E-state index in [-0.39, 0.29) is 6.03 Å². The average molecular weight is 233 g/mol. The third-order valence-electron chi connectivity index (χ3n) is 2.06. The van der Waals surface area contributed by atoms with Crippen LogP contribution in [0.15, 0.2) is 36.0 Å². The predicted molar refractivity (Wildman–Crippen MR) is 65.9 cm³/mol. The molecular weight excluding hydrogens is 222 g/mol.